The van der Waals surface area contributed by atoms with E-state index < -0.39 is 17.3 Å². The molecule has 0 saturated carbocycles. The molecule has 4 nitrogen and oxygen atoms in total. The van der Waals surface area contributed by atoms with Crippen LogP contribution in [0, 0.1) is 0 Å². The predicted octanol–water partition coefficient (Wildman–Crippen LogP) is 5.01. The number of aromatic nitrogens is 1. The summed E-state index contributed by atoms with van der Waals surface area (Å²) in [5, 5.41) is 6.36. The van der Waals surface area contributed by atoms with Gasteiger partial charge in [0.15, 0.2) is 5.11 Å². The van der Waals surface area contributed by atoms with Gasteiger partial charge in [-0.2, -0.15) is 13.2 Å². The van der Waals surface area contributed by atoms with Crippen molar-refractivity contribution in [2.24, 2.45) is 0 Å². The van der Waals surface area contributed by atoms with Crippen molar-refractivity contribution < 1.29 is 13.2 Å². The van der Waals surface area contributed by atoms with Gasteiger partial charge in [0, 0.05) is 33.4 Å². The van der Waals surface area contributed by atoms with Crippen LogP contribution in [0.25, 0.3) is 10.9 Å². The number of fused-ring (bicyclic) bond motifs is 1. The molecule has 3 aromatic rings. The Morgan fingerprint density at radius 2 is 1.62 bits per heavy atom. The lowest BCUT2D eigenvalue weighted by Gasteiger charge is -2.13. The summed E-state index contributed by atoms with van der Waals surface area (Å²) in [6.45, 7) is 0. The third-order valence-electron chi connectivity index (χ3n) is 3.51. The van der Waals surface area contributed by atoms with E-state index in [-0.39, 0.29) is 16.0 Å². The van der Waals surface area contributed by atoms with Crippen molar-refractivity contribution in [3.05, 3.63) is 69.5 Å². The molecule has 0 aliphatic rings. The Hall–Kier alpha value is -2.58. The van der Waals surface area contributed by atoms with Crippen molar-refractivity contribution in [2.75, 3.05) is 10.6 Å². The van der Waals surface area contributed by atoms with Crippen LogP contribution in [-0.4, -0.2) is 10.1 Å². The second kappa shape index (κ2) is 6.97. The van der Waals surface area contributed by atoms with Gasteiger partial charge in [-0.05, 0) is 54.7 Å². The van der Waals surface area contributed by atoms with E-state index in [0.29, 0.717) is 22.5 Å². The first-order valence-electron chi connectivity index (χ1n) is 7.30. The van der Waals surface area contributed by atoms with Crippen LogP contribution in [0.15, 0.2) is 53.3 Å². The van der Waals surface area contributed by atoms with Crippen LogP contribution >= 0.6 is 23.8 Å². The summed E-state index contributed by atoms with van der Waals surface area (Å²) in [6.07, 6.45) is -4.65. The zero-order chi connectivity index (χ0) is 18.9. The van der Waals surface area contributed by atoms with Gasteiger partial charge in [-0.25, -0.2) is 0 Å². The Morgan fingerprint density at radius 3 is 2.27 bits per heavy atom. The zero-order valence-corrected chi connectivity index (χ0v) is 14.5. The molecule has 0 spiro atoms. The summed E-state index contributed by atoms with van der Waals surface area (Å²) in [6, 6.07) is 11.5. The quantitative estimate of drug-likeness (QED) is 0.532. The molecule has 3 N–H and O–H groups in total. The van der Waals surface area contributed by atoms with Gasteiger partial charge in [0.1, 0.15) is 0 Å². The molecule has 0 saturated heterocycles. The number of alkyl halides is 3. The Kier molecular flexibility index (Phi) is 4.88. The van der Waals surface area contributed by atoms with Crippen LogP contribution < -0.4 is 16.2 Å². The predicted molar refractivity (Wildman–Crippen MR) is 101 cm³/mol. The number of anilines is 2. The van der Waals surface area contributed by atoms with E-state index in [1.165, 1.54) is 18.2 Å². The Bertz CT molecular complexity index is 1030. The summed E-state index contributed by atoms with van der Waals surface area (Å²) in [5.74, 6) is 0. The standard InChI is InChI=1S/C17H11ClF3N3OS/c18-9-1-3-10(4-2-9)22-16(26)23-11-5-6-14-12(7-11)13(17(19,20)21)8-15(25)24-14/h1-8H,(H,24,25)(H2,22,23,26). The lowest BCUT2D eigenvalue weighted by Crippen LogP contribution is -2.19. The maximum Gasteiger partial charge on any atom is 0.417 e. The monoisotopic (exact) mass is 397 g/mol. The Labute approximate surface area is 156 Å². The zero-order valence-electron chi connectivity index (χ0n) is 12.9. The molecular weight excluding hydrogens is 387 g/mol. The first-order valence-corrected chi connectivity index (χ1v) is 8.09. The lowest BCUT2D eigenvalue weighted by atomic mass is 10.1. The Balaban J connectivity index is 1.89. The maximum atomic E-state index is 13.2. The molecule has 0 aliphatic carbocycles. The van der Waals surface area contributed by atoms with Crippen molar-refractivity contribution in [1.29, 1.82) is 0 Å². The first kappa shape index (κ1) is 18.2. The second-order valence-electron chi connectivity index (χ2n) is 5.39. The summed E-state index contributed by atoms with van der Waals surface area (Å²) >= 11 is 11.0. The van der Waals surface area contributed by atoms with Gasteiger partial charge in [0.05, 0.1) is 5.56 Å². The van der Waals surface area contributed by atoms with E-state index in [0.717, 1.165) is 0 Å². The van der Waals surface area contributed by atoms with Gasteiger partial charge in [0.2, 0.25) is 5.56 Å². The molecular formula is C17H11ClF3N3OS. The molecule has 0 fully saturated rings. The first-order chi connectivity index (χ1) is 12.2. The van der Waals surface area contributed by atoms with Gasteiger partial charge in [-0.1, -0.05) is 11.6 Å². The molecule has 0 bridgehead atoms. The molecule has 1 aromatic heterocycles. The fourth-order valence-electron chi connectivity index (χ4n) is 2.39. The van der Waals surface area contributed by atoms with Crippen LogP contribution in [0.4, 0.5) is 24.5 Å². The molecule has 134 valence electrons. The minimum Gasteiger partial charge on any atom is -0.332 e. The fraction of sp³-hybridized carbons (Fsp3) is 0.0588. The average Bonchev–Trinajstić information content (AvgIpc) is 2.55. The molecule has 2 aromatic carbocycles. The third kappa shape index (κ3) is 4.14. The molecule has 0 unspecified atom stereocenters. The number of H-pyrrole nitrogens is 1. The van der Waals surface area contributed by atoms with Crippen molar-refractivity contribution in [3.8, 4) is 0 Å². The average molecular weight is 398 g/mol. The molecule has 1 heterocycles. The summed E-state index contributed by atoms with van der Waals surface area (Å²) in [4.78, 5) is 13.8. The van der Waals surface area contributed by atoms with Gasteiger partial charge in [-0.15, -0.1) is 0 Å². The van der Waals surface area contributed by atoms with E-state index in [2.05, 4.69) is 15.6 Å². The van der Waals surface area contributed by atoms with E-state index in [1.807, 2.05) is 0 Å². The molecule has 0 radical (unpaired) electrons. The highest BCUT2D eigenvalue weighted by Gasteiger charge is 2.33. The van der Waals surface area contributed by atoms with Crippen LogP contribution in [0.5, 0.6) is 0 Å². The second-order valence-corrected chi connectivity index (χ2v) is 6.24. The van der Waals surface area contributed by atoms with Crippen molar-refractivity contribution in [3.63, 3.8) is 0 Å². The number of hydrogen-bond acceptors (Lipinski definition) is 2. The SMILES string of the molecule is O=c1cc(C(F)(F)F)c2cc(NC(=S)Nc3ccc(Cl)cc3)ccc2[nH]1. The van der Waals surface area contributed by atoms with Gasteiger partial charge >= 0.3 is 6.18 Å². The summed E-state index contributed by atoms with van der Waals surface area (Å²) in [7, 11) is 0. The van der Waals surface area contributed by atoms with Crippen LogP contribution in [0.2, 0.25) is 5.02 Å². The Morgan fingerprint density at radius 1 is 1.00 bits per heavy atom. The van der Waals surface area contributed by atoms with E-state index in [1.54, 1.807) is 24.3 Å². The van der Waals surface area contributed by atoms with Crippen LogP contribution in [-0.2, 0) is 6.18 Å². The molecule has 0 amide bonds. The van der Waals surface area contributed by atoms with Crippen molar-refractivity contribution in [2.45, 2.75) is 6.18 Å². The third-order valence-corrected chi connectivity index (χ3v) is 3.96. The molecule has 3 rings (SSSR count). The number of thiocarbonyl (C=S) groups is 1. The number of aromatic amines is 1. The molecule has 0 atom stereocenters. The highest BCUT2D eigenvalue weighted by Crippen LogP contribution is 2.34. The minimum absolute atomic E-state index is 0.0898. The van der Waals surface area contributed by atoms with Gasteiger partial charge < -0.3 is 15.6 Å². The number of hydrogen-bond donors (Lipinski definition) is 3. The number of benzene rings is 2. The summed E-state index contributed by atoms with van der Waals surface area (Å²) in [5.41, 5.74) is -0.705. The number of rotatable bonds is 2. The highest BCUT2D eigenvalue weighted by molar-refractivity contribution is 7.80. The van der Waals surface area contributed by atoms with E-state index >= 15 is 0 Å². The molecule has 0 aliphatic heterocycles. The molecule has 26 heavy (non-hydrogen) atoms. The fourth-order valence-corrected chi connectivity index (χ4v) is 2.75. The lowest BCUT2D eigenvalue weighted by molar-refractivity contribution is -0.136. The summed E-state index contributed by atoms with van der Waals surface area (Å²) < 4.78 is 39.6. The normalized spacial score (nSPS) is 11.4. The van der Waals surface area contributed by atoms with Crippen LogP contribution in [0.3, 0.4) is 0 Å². The highest BCUT2D eigenvalue weighted by atomic mass is 35.5. The maximum absolute atomic E-state index is 13.2. The largest absolute Gasteiger partial charge is 0.417 e. The van der Waals surface area contributed by atoms with Gasteiger partial charge in [-0.3, -0.25) is 4.79 Å². The number of nitrogens with one attached hydrogen (secondary N) is 3. The van der Waals surface area contributed by atoms with Crippen LogP contribution in [0.1, 0.15) is 5.56 Å². The topological polar surface area (TPSA) is 56.9 Å². The van der Waals surface area contributed by atoms with Gasteiger partial charge in [0.25, 0.3) is 0 Å². The molecule has 9 heteroatoms. The van der Waals surface area contributed by atoms with Crippen molar-refractivity contribution >= 4 is 51.2 Å². The number of halogens is 4. The van der Waals surface area contributed by atoms with E-state index in [9.17, 15) is 18.0 Å². The van der Waals surface area contributed by atoms with Crippen molar-refractivity contribution in [1.82, 2.24) is 4.98 Å². The number of pyridine rings is 1. The minimum atomic E-state index is -4.65. The van der Waals surface area contributed by atoms with E-state index in [4.69, 9.17) is 23.8 Å². The smallest absolute Gasteiger partial charge is 0.332 e.